The third kappa shape index (κ3) is 2.40. The minimum absolute atomic E-state index is 0.234. The zero-order valence-electron chi connectivity index (χ0n) is 9.85. The predicted molar refractivity (Wildman–Crippen MR) is 69.1 cm³/mol. The Bertz CT molecular complexity index is 664. The lowest BCUT2D eigenvalue weighted by molar-refractivity contribution is -0.129. The molecule has 0 aliphatic carbocycles. The van der Waals surface area contributed by atoms with E-state index in [-0.39, 0.29) is 11.6 Å². The van der Waals surface area contributed by atoms with Gasteiger partial charge in [0.25, 0.3) is 0 Å². The van der Waals surface area contributed by atoms with Crippen molar-refractivity contribution in [1.82, 2.24) is 9.97 Å². The minimum Gasteiger partial charge on any atom is -0.402 e. The summed E-state index contributed by atoms with van der Waals surface area (Å²) in [5, 5.41) is 0. The summed E-state index contributed by atoms with van der Waals surface area (Å²) in [6, 6.07) is 8.97. The Morgan fingerprint density at radius 1 is 1.11 bits per heavy atom. The molecule has 0 atom stereocenters. The molecule has 19 heavy (non-hydrogen) atoms. The number of rotatable bonds is 2. The quantitative estimate of drug-likeness (QED) is 0.603. The molecule has 1 aliphatic rings. The molecule has 92 valence electrons. The first-order chi connectivity index (χ1) is 9.33. The summed E-state index contributed by atoms with van der Waals surface area (Å²) >= 11 is 0. The second kappa shape index (κ2) is 4.81. The molecule has 3 rings (SSSR count). The number of aromatic nitrogens is 2. The van der Waals surface area contributed by atoms with Gasteiger partial charge in [0.05, 0.1) is 11.3 Å². The van der Waals surface area contributed by atoms with Crippen LogP contribution < -0.4 is 0 Å². The summed E-state index contributed by atoms with van der Waals surface area (Å²) < 4.78 is 5.11. The molecule has 0 radical (unpaired) electrons. The van der Waals surface area contributed by atoms with Gasteiger partial charge in [0.1, 0.15) is 0 Å². The normalized spacial score (nSPS) is 16.3. The summed E-state index contributed by atoms with van der Waals surface area (Å²) in [6.45, 7) is 0. The zero-order chi connectivity index (χ0) is 13.1. The number of pyridine rings is 2. The molecule has 0 saturated heterocycles. The van der Waals surface area contributed by atoms with Crippen molar-refractivity contribution in [2.45, 2.75) is 0 Å². The van der Waals surface area contributed by atoms with E-state index in [0.29, 0.717) is 11.3 Å². The third-order valence-electron chi connectivity index (χ3n) is 2.50. The van der Waals surface area contributed by atoms with Gasteiger partial charge < -0.3 is 4.74 Å². The highest BCUT2D eigenvalue weighted by Crippen LogP contribution is 2.17. The summed E-state index contributed by atoms with van der Waals surface area (Å²) in [6.07, 6.45) is 6.48. The van der Waals surface area contributed by atoms with Crippen LogP contribution in [0.1, 0.15) is 11.3 Å². The number of ether oxygens (including phenoxy) is 1. The predicted octanol–water partition coefficient (Wildman–Crippen LogP) is 1.82. The van der Waals surface area contributed by atoms with Crippen LogP contribution in [0.3, 0.4) is 0 Å². The molecule has 3 heterocycles. The topological polar surface area (TPSA) is 64.4 Å². The van der Waals surface area contributed by atoms with Gasteiger partial charge in [0, 0.05) is 18.6 Å². The lowest BCUT2D eigenvalue weighted by Gasteiger charge is -1.96. The fourth-order valence-electron chi connectivity index (χ4n) is 1.62. The number of cyclic esters (lactones) is 1. The largest absolute Gasteiger partial charge is 0.402 e. The van der Waals surface area contributed by atoms with Crippen LogP contribution in [0.25, 0.3) is 6.08 Å². The fraction of sp³-hybridized carbons (Fsp3) is 0. The molecular weight excluding hydrogens is 242 g/mol. The Hall–Kier alpha value is -2.82. The van der Waals surface area contributed by atoms with Crippen molar-refractivity contribution in [3.05, 3.63) is 65.9 Å². The highest BCUT2D eigenvalue weighted by atomic mass is 16.6. The Labute approximate surface area is 109 Å². The van der Waals surface area contributed by atoms with Crippen LogP contribution in [0.15, 0.2) is 59.6 Å². The van der Waals surface area contributed by atoms with Crippen molar-refractivity contribution in [2.24, 2.45) is 4.99 Å². The van der Waals surface area contributed by atoms with E-state index in [4.69, 9.17) is 4.74 Å². The van der Waals surface area contributed by atoms with Gasteiger partial charge in [0.2, 0.25) is 5.90 Å². The summed E-state index contributed by atoms with van der Waals surface area (Å²) in [5.41, 5.74) is 1.56. The van der Waals surface area contributed by atoms with Crippen LogP contribution in [0.2, 0.25) is 0 Å². The van der Waals surface area contributed by atoms with Gasteiger partial charge in [-0.1, -0.05) is 6.07 Å². The van der Waals surface area contributed by atoms with Crippen LogP contribution >= 0.6 is 0 Å². The average molecular weight is 251 g/mol. The second-order valence-electron chi connectivity index (χ2n) is 3.83. The molecule has 0 amide bonds. The molecule has 5 nitrogen and oxygen atoms in total. The molecule has 0 spiro atoms. The number of esters is 1. The standard InChI is InChI=1S/C14H9N3O2/c18-14-12(8-11-5-1-2-7-16-11)17-13(19-14)10-4-3-6-15-9-10/h1-9H/b12-8+. The summed E-state index contributed by atoms with van der Waals surface area (Å²) in [7, 11) is 0. The fourth-order valence-corrected chi connectivity index (χ4v) is 1.62. The first-order valence-electron chi connectivity index (χ1n) is 5.67. The maximum Gasteiger partial charge on any atom is 0.363 e. The Balaban J connectivity index is 1.94. The van der Waals surface area contributed by atoms with E-state index in [9.17, 15) is 4.79 Å². The van der Waals surface area contributed by atoms with Gasteiger partial charge >= 0.3 is 5.97 Å². The first kappa shape index (κ1) is 11.3. The molecule has 2 aromatic heterocycles. The van der Waals surface area contributed by atoms with Gasteiger partial charge in [-0.15, -0.1) is 0 Å². The molecule has 0 N–H and O–H groups in total. The monoisotopic (exact) mass is 251 g/mol. The third-order valence-corrected chi connectivity index (χ3v) is 2.50. The van der Waals surface area contributed by atoms with E-state index >= 15 is 0 Å². The smallest absolute Gasteiger partial charge is 0.363 e. The lowest BCUT2D eigenvalue weighted by Crippen LogP contribution is -2.05. The summed E-state index contributed by atoms with van der Waals surface area (Å²) in [5.74, 6) is -0.218. The van der Waals surface area contributed by atoms with Crippen molar-refractivity contribution in [1.29, 1.82) is 0 Å². The van der Waals surface area contributed by atoms with Gasteiger partial charge in [-0.3, -0.25) is 9.97 Å². The van der Waals surface area contributed by atoms with Gasteiger partial charge in [-0.25, -0.2) is 9.79 Å². The molecule has 0 unspecified atom stereocenters. The van der Waals surface area contributed by atoms with Crippen molar-refractivity contribution in [3.63, 3.8) is 0 Å². The Morgan fingerprint density at radius 2 is 2.05 bits per heavy atom. The van der Waals surface area contributed by atoms with Crippen LogP contribution in [0, 0.1) is 0 Å². The zero-order valence-corrected chi connectivity index (χ0v) is 9.85. The first-order valence-corrected chi connectivity index (χ1v) is 5.67. The van der Waals surface area contributed by atoms with E-state index in [2.05, 4.69) is 15.0 Å². The van der Waals surface area contributed by atoms with E-state index < -0.39 is 5.97 Å². The molecule has 5 heteroatoms. The number of hydrogen-bond donors (Lipinski definition) is 0. The van der Waals surface area contributed by atoms with Crippen LogP contribution in [0.4, 0.5) is 0 Å². The summed E-state index contributed by atoms with van der Waals surface area (Å²) in [4.78, 5) is 23.9. The SMILES string of the molecule is O=C1OC(c2cccnc2)=N/C1=C/c1ccccn1. The average Bonchev–Trinajstić information content (AvgIpc) is 2.82. The van der Waals surface area contributed by atoms with E-state index in [1.807, 2.05) is 6.07 Å². The highest BCUT2D eigenvalue weighted by molar-refractivity contribution is 6.12. The van der Waals surface area contributed by atoms with Crippen LogP contribution in [0.5, 0.6) is 0 Å². The van der Waals surface area contributed by atoms with E-state index in [1.165, 1.54) is 0 Å². The molecular formula is C14H9N3O2. The van der Waals surface area contributed by atoms with Gasteiger partial charge in [0.15, 0.2) is 5.70 Å². The second-order valence-corrected chi connectivity index (χ2v) is 3.83. The molecule has 1 aliphatic heterocycles. The molecule has 0 aromatic carbocycles. The molecule has 0 fully saturated rings. The Kier molecular flexibility index (Phi) is 2.86. The van der Waals surface area contributed by atoms with Crippen LogP contribution in [-0.2, 0) is 9.53 Å². The number of carbonyl (C=O) groups excluding carboxylic acids is 1. The lowest BCUT2D eigenvalue weighted by atomic mass is 10.3. The Morgan fingerprint density at radius 3 is 2.79 bits per heavy atom. The van der Waals surface area contributed by atoms with Crippen LogP contribution in [-0.4, -0.2) is 21.8 Å². The minimum atomic E-state index is -0.482. The van der Waals surface area contributed by atoms with Gasteiger partial charge in [-0.2, -0.15) is 0 Å². The maximum atomic E-state index is 11.7. The number of aliphatic imine (C=N–C) groups is 1. The molecule has 0 bridgehead atoms. The highest BCUT2D eigenvalue weighted by Gasteiger charge is 2.24. The number of nitrogens with zero attached hydrogens (tertiary/aromatic N) is 3. The van der Waals surface area contributed by atoms with Crippen molar-refractivity contribution in [3.8, 4) is 0 Å². The molecule has 0 saturated carbocycles. The van der Waals surface area contributed by atoms with E-state index in [0.717, 1.165) is 0 Å². The number of hydrogen-bond acceptors (Lipinski definition) is 5. The van der Waals surface area contributed by atoms with Crippen molar-refractivity contribution < 1.29 is 9.53 Å². The maximum absolute atomic E-state index is 11.7. The van der Waals surface area contributed by atoms with Crippen molar-refractivity contribution in [2.75, 3.05) is 0 Å². The van der Waals surface area contributed by atoms with E-state index in [1.54, 1.807) is 48.9 Å². The molecule has 2 aromatic rings. The van der Waals surface area contributed by atoms with Crippen molar-refractivity contribution >= 4 is 17.9 Å². The van der Waals surface area contributed by atoms with Gasteiger partial charge in [-0.05, 0) is 30.3 Å². The number of carbonyl (C=O) groups is 1.